The first-order valence-electron chi connectivity index (χ1n) is 10.4. The second kappa shape index (κ2) is 9.99. The van der Waals surface area contributed by atoms with E-state index in [1.54, 1.807) is 30.6 Å². The number of ether oxygens (including phenoxy) is 4. The van der Waals surface area contributed by atoms with Gasteiger partial charge < -0.3 is 18.9 Å². The smallest absolute Gasteiger partial charge is 0.339 e. The highest BCUT2D eigenvalue weighted by molar-refractivity contribution is 6.06. The second-order valence-corrected chi connectivity index (χ2v) is 7.23. The van der Waals surface area contributed by atoms with E-state index in [0.717, 1.165) is 5.56 Å². The van der Waals surface area contributed by atoms with Crippen LogP contribution in [-0.2, 0) is 4.74 Å². The van der Waals surface area contributed by atoms with E-state index in [9.17, 15) is 9.59 Å². The molecule has 0 fully saturated rings. The number of para-hydroxylation sites is 1. The Balaban J connectivity index is 1.61. The molecule has 8 nitrogen and oxygen atoms in total. The Kier molecular flexibility index (Phi) is 6.68. The molecule has 2 aromatic heterocycles. The van der Waals surface area contributed by atoms with Gasteiger partial charge in [-0.3, -0.25) is 9.78 Å². The van der Waals surface area contributed by atoms with Gasteiger partial charge in [0.1, 0.15) is 0 Å². The zero-order valence-electron chi connectivity index (χ0n) is 18.9. The van der Waals surface area contributed by atoms with Crippen LogP contribution < -0.4 is 14.2 Å². The summed E-state index contributed by atoms with van der Waals surface area (Å²) in [5.74, 6) is -0.0248. The summed E-state index contributed by atoms with van der Waals surface area (Å²) in [6.07, 6.45) is 3.33. The number of aromatic nitrogens is 2. The van der Waals surface area contributed by atoms with Gasteiger partial charge in [0, 0.05) is 28.9 Å². The normalized spacial score (nSPS) is 10.6. The third-order valence-electron chi connectivity index (χ3n) is 5.21. The summed E-state index contributed by atoms with van der Waals surface area (Å²) >= 11 is 0. The van der Waals surface area contributed by atoms with E-state index in [0.29, 0.717) is 39.4 Å². The third kappa shape index (κ3) is 4.52. The number of benzene rings is 2. The van der Waals surface area contributed by atoms with Crippen molar-refractivity contribution in [1.29, 1.82) is 0 Å². The number of methoxy groups -OCH3 is 3. The van der Waals surface area contributed by atoms with Crippen LogP contribution in [0.2, 0.25) is 0 Å². The van der Waals surface area contributed by atoms with Crippen LogP contribution in [0.15, 0.2) is 67.0 Å². The minimum atomic E-state index is -0.635. The Labute approximate surface area is 196 Å². The van der Waals surface area contributed by atoms with Gasteiger partial charge in [-0.25, -0.2) is 9.78 Å². The van der Waals surface area contributed by atoms with Crippen LogP contribution in [0.1, 0.15) is 20.7 Å². The van der Waals surface area contributed by atoms with Gasteiger partial charge in [0.2, 0.25) is 11.5 Å². The molecule has 4 rings (SSSR count). The zero-order chi connectivity index (χ0) is 24.1. The average molecular weight is 458 g/mol. The fourth-order valence-electron chi connectivity index (χ4n) is 3.54. The molecule has 0 radical (unpaired) electrons. The fraction of sp³-hybridized carbons (Fsp3) is 0.154. The van der Waals surface area contributed by atoms with Gasteiger partial charge >= 0.3 is 5.97 Å². The summed E-state index contributed by atoms with van der Waals surface area (Å²) in [5.41, 5.74) is 2.54. The Bertz CT molecular complexity index is 1330. The first-order valence-corrected chi connectivity index (χ1v) is 10.4. The molecule has 0 saturated carbocycles. The van der Waals surface area contributed by atoms with E-state index >= 15 is 0 Å². The molecule has 0 aliphatic heterocycles. The Morgan fingerprint density at radius 1 is 0.882 bits per heavy atom. The highest BCUT2D eigenvalue weighted by atomic mass is 16.5. The number of nitrogens with zero attached hydrogens (tertiary/aromatic N) is 2. The van der Waals surface area contributed by atoms with Crippen molar-refractivity contribution >= 4 is 22.7 Å². The predicted octanol–water partition coefficient (Wildman–Crippen LogP) is 4.36. The summed E-state index contributed by atoms with van der Waals surface area (Å²) in [5, 5.41) is 0.625. The van der Waals surface area contributed by atoms with Gasteiger partial charge in [-0.15, -0.1) is 0 Å². The summed E-state index contributed by atoms with van der Waals surface area (Å²) in [6, 6.07) is 15.6. The molecule has 172 valence electrons. The van der Waals surface area contributed by atoms with Crippen molar-refractivity contribution in [3.8, 4) is 28.5 Å². The highest BCUT2D eigenvalue weighted by Gasteiger charge is 2.20. The van der Waals surface area contributed by atoms with Crippen LogP contribution in [0, 0.1) is 0 Å². The first kappa shape index (κ1) is 22.7. The number of rotatable bonds is 8. The van der Waals surface area contributed by atoms with Gasteiger partial charge in [0.15, 0.2) is 18.1 Å². The highest BCUT2D eigenvalue weighted by Crippen LogP contribution is 2.38. The molecule has 0 spiro atoms. The minimum Gasteiger partial charge on any atom is -0.493 e. The van der Waals surface area contributed by atoms with E-state index in [2.05, 4.69) is 9.97 Å². The molecular weight excluding hydrogens is 436 g/mol. The topological polar surface area (TPSA) is 96.8 Å². The van der Waals surface area contributed by atoms with Gasteiger partial charge in [0.25, 0.3) is 0 Å². The van der Waals surface area contributed by atoms with E-state index in [4.69, 9.17) is 18.9 Å². The monoisotopic (exact) mass is 458 g/mol. The number of ketones is 1. The maximum atomic E-state index is 13.0. The van der Waals surface area contributed by atoms with E-state index in [-0.39, 0.29) is 5.56 Å². The zero-order valence-corrected chi connectivity index (χ0v) is 18.9. The van der Waals surface area contributed by atoms with Gasteiger partial charge in [-0.05, 0) is 36.4 Å². The molecule has 34 heavy (non-hydrogen) atoms. The van der Waals surface area contributed by atoms with Crippen molar-refractivity contribution in [1.82, 2.24) is 9.97 Å². The van der Waals surface area contributed by atoms with Crippen molar-refractivity contribution in [2.45, 2.75) is 0 Å². The van der Waals surface area contributed by atoms with Crippen LogP contribution in [0.3, 0.4) is 0 Å². The molecule has 2 heterocycles. The van der Waals surface area contributed by atoms with Crippen molar-refractivity contribution in [2.24, 2.45) is 0 Å². The van der Waals surface area contributed by atoms with E-state index in [1.807, 2.05) is 24.3 Å². The van der Waals surface area contributed by atoms with Crippen molar-refractivity contribution < 1.29 is 28.5 Å². The summed E-state index contributed by atoms with van der Waals surface area (Å²) in [7, 11) is 4.39. The standard InChI is InChI=1S/C26H22N2O6/c1-31-23-11-17(12-24(32-2)25(23)33-3)22(29)15-34-26(30)19-13-21(16-7-6-10-27-14-16)28-20-9-5-4-8-18(19)20/h4-14H,15H2,1-3H3. The number of Topliss-reactive ketones (excluding diaryl/α,β-unsaturated/α-hetero) is 1. The molecule has 0 saturated heterocycles. The third-order valence-corrected chi connectivity index (χ3v) is 5.21. The maximum Gasteiger partial charge on any atom is 0.339 e. The van der Waals surface area contributed by atoms with Crippen LogP contribution in [0.4, 0.5) is 0 Å². The molecule has 0 amide bonds. The number of carbonyl (C=O) groups is 2. The number of fused-ring (bicyclic) bond motifs is 1. The molecule has 0 aliphatic carbocycles. The lowest BCUT2D eigenvalue weighted by molar-refractivity contribution is 0.0476. The van der Waals surface area contributed by atoms with Gasteiger partial charge in [-0.1, -0.05) is 18.2 Å². The summed E-state index contributed by atoms with van der Waals surface area (Å²) in [4.78, 5) is 34.6. The van der Waals surface area contributed by atoms with Crippen LogP contribution in [0.5, 0.6) is 17.2 Å². The second-order valence-electron chi connectivity index (χ2n) is 7.23. The molecule has 8 heteroatoms. The van der Waals surface area contributed by atoms with Crippen molar-refractivity contribution in [2.75, 3.05) is 27.9 Å². The lowest BCUT2D eigenvalue weighted by Gasteiger charge is -2.14. The molecule has 2 aromatic carbocycles. The van der Waals surface area contributed by atoms with Crippen molar-refractivity contribution in [3.05, 3.63) is 78.1 Å². The lowest BCUT2D eigenvalue weighted by Crippen LogP contribution is -2.15. The predicted molar refractivity (Wildman–Crippen MR) is 126 cm³/mol. The molecule has 0 aliphatic rings. The van der Waals surface area contributed by atoms with Gasteiger partial charge in [0.05, 0.1) is 38.1 Å². The van der Waals surface area contributed by atoms with Gasteiger partial charge in [-0.2, -0.15) is 0 Å². The Morgan fingerprint density at radius 2 is 1.62 bits per heavy atom. The summed E-state index contributed by atoms with van der Waals surface area (Å²) < 4.78 is 21.3. The maximum absolute atomic E-state index is 13.0. The average Bonchev–Trinajstić information content (AvgIpc) is 2.90. The number of esters is 1. The number of pyridine rings is 2. The van der Waals surface area contributed by atoms with Crippen LogP contribution >= 0.6 is 0 Å². The largest absolute Gasteiger partial charge is 0.493 e. The quantitative estimate of drug-likeness (QED) is 0.284. The Hall–Kier alpha value is -4.46. The van der Waals surface area contributed by atoms with Crippen LogP contribution in [-0.4, -0.2) is 49.7 Å². The molecule has 0 bridgehead atoms. The molecular formula is C26H22N2O6. The number of carbonyl (C=O) groups excluding carboxylic acids is 2. The van der Waals surface area contributed by atoms with Crippen LogP contribution in [0.25, 0.3) is 22.2 Å². The number of hydrogen-bond acceptors (Lipinski definition) is 8. The lowest BCUT2D eigenvalue weighted by atomic mass is 10.0. The fourth-order valence-corrected chi connectivity index (χ4v) is 3.54. The molecule has 4 aromatic rings. The SMILES string of the molecule is COc1cc(C(=O)COC(=O)c2cc(-c3cccnc3)nc3ccccc23)cc(OC)c1OC. The van der Waals surface area contributed by atoms with Crippen molar-refractivity contribution in [3.63, 3.8) is 0 Å². The molecule has 0 N–H and O–H groups in total. The van der Waals surface area contributed by atoms with E-state index in [1.165, 1.54) is 33.5 Å². The number of hydrogen-bond donors (Lipinski definition) is 0. The first-order chi connectivity index (χ1) is 16.5. The van der Waals surface area contributed by atoms with E-state index < -0.39 is 18.4 Å². The Morgan fingerprint density at radius 3 is 2.26 bits per heavy atom. The molecule has 0 unspecified atom stereocenters. The summed E-state index contributed by atoms with van der Waals surface area (Å²) in [6.45, 7) is -0.462. The molecule has 0 atom stereocenters. The minimum absolute atomic E-state index is 0.262.